The van der Waals surface area contributed by atoms with E-state index in [-0.39, 0.29) is 17.3 Å². The maximum absolute atomic E-state index is 14.7. The molecule has 0 atom stereocenters. The molecule has 1 aliphatic heterocycles. The van der Waals surface area contributed by atoms with Gasteiger partial charge in [-0.25, -0.2) is 8.78 Å². The molecule has 0 aliphatic carbocycles. The van der Waals surface area contributed by atoms with Gasteiger partial charge in [0.05, 0.1) is 11.3 Å². The first-order chi connectivity index (χ1) is 12.6. The molecule has 3 N–H and O–H groups in total. The summed E-state index contributed by atoms with van der Waals surface area (Å²) >= 11 is 0. The second kappa shape index (κ2) is 6.72. The summed E-state index contributed by atoms with van der Waals surface area (Å²) in [6, 6.07) is 9.29. The van der Waals surface area contributed by atoms with Gasteiger partial charge in [0.15, 0.2) is 0 Å². The topological polar surface area (TPSA) is 56.9 Å². The van der Waals surface area contributed by atoms with Gasteiger partial charge >= 0.3 is 0 Å². The number of amides is 1. The molecule has 0 fully saturated rings. The monoisotopic (exact) mass is 353 g/mol. The van der Waals surface area contributed by atoms with E-state index in [9.17, 15) is 13.6 Å². The van der Waals surface area contributed by atoms with Crippen molar-refractivity contribution in [2.75, 3.05) is 11.9 Å². The van der Waals surface area contributed by atoms with Gasteiger partial charge < -0.3 is 15.6 Å². The maximum Gasteiger partial charge on any atom is 0.257 e. The van der Waals surface area contributed by atoms with Crippen LogP contribution in [0.5, 0.6) is 0 Å². The number of hydrogen-bond donors (Lipinski definition) is 3. The van der Waals surface area contributed by atoms with Crippen LogP contribution < -0.4 is 10.6 Å². The fourth-order valence-corrected chi connectivity index (χ4v) is 3.24. The van der Waals surface area contributed by atoms with E-state index < -0.39 is 5.91 Å². The predicted octanol–water partition coefficient (Wildman–Crippen LogP) is 3.86. The number of H-pyrrole nitrogens is 1. The first-order valence-electron chi connectivity index (χ1n) is 8.38. The molecule has 1 aromatic heterocycles. The zero-order valence-corrected chi connectivity index (χ0v) is 13.9. The fraction of sp³-hybridized carbons (Fsp3) is 0.150. The molecule has 1 amide bonds. The summed E-state index contributed by atoms with van der Waals surface area (Å²) < 4.78 is 27.9. The standard InChI is InChI=1S/C20H17F2N3O/c21-14-4-1-12(2-5-14)16-10-24-11-17(16)20(26)25-18-6-3-13-9-23-8-7-15(13)19(18)22/h1-6,10-11,23-24H,7-9H2,(H,25,26). The van der Waals surface area contributed by atoms with Crippen molar-refractivity contribution in [2.24, 2.45) is 0 Å². The molecule has 26 heavy (non-hydrogen) atoms. The molecule has 6 heteroatoms. The van der Waals surface area contributed by atoms with E-state index in [1.165, 1.54) is 12.1 Å². The van der Waals surface area contributed by atoms with Crippen molar-refractivity contribution >= 4 is 11.6 Å². The molecule has 0 saturated heterocycles. The van der Waals surface area contributed by atoms with Crippen LogP contribution in [0, 0.1) is 11.6 Å². The van der Waals surface area contributed by atoms with Gasteiger partial charge in [0.1, 0.15) is 11.6 Å². The largest absolute Gasteiger partial charge is 0.366 e. The molecule has 3 aromatic rings. The van der Waals surface area contributed by atoms with E-state index >= 15 is 0 Å². The molecular formula is C20H17F2N3O. The molecule has 0 saturated carbocycles. The lowest BCUT2D eigenvalue weighted by Crippen LogP contribution is -2.25. The Morgan fingerprint density at radius 2 is 1.85 bits per heavy atom. The molecule has 4 nitrogen and oxygen atoms in total. The van der Waals surface area contributed by atoms with Crippen molar-refractivity contribution in [3.63, 3.8) is 0 Å². The molecule has 1 aliphatic rings. The van der Waals surface area contributed by atoms with Gasteiger partial charge in [-0.2, -0.15) is 0 Å². The quantitative estimate of drug-likeness (QED) is 0.670. The maximum atomic E-state index is 14.7. The van der Waals surface area contributed by atoms with Gasteiger partial charge in [-0.1, -0.05) is 18.2 Å². The number of benzene rings is 2. The lowest BCUT2D eigenvalue weighted by atomic mass is 9.99. The van der Waals surface area contributed by atoms with E-state index in [0.717, 1.165) is 5.56 Å². The lowest BCUT2D eigenvalue weighted by Gasteiger charge is -2.19. The van der Waals surface area contributed by atoms with Crippen molar-refractivity contribution in [3.8, 4) is 11.1 Å². The Kier molecular flexibility index (Phi) is 4.26. The number of nitrogens with one attached hydrogen (secondary N) is 3. The number of hydrogen-bond acceptors (Lipinski definition) is 2. The minimum atomic E-state index is -0.418. The molecule has 0 bridgehead atoms. The zero-order chi connectivity index (χ0) is 18.1. The second-order valence-corrected chi connectivity index (χ2v) is 6.24. The summed E-state index contributed by atoms with van der Waals surface area (Å²) in [6.45, 7) is 1.35. The minimum Gasteiger partial charge on any atom is -0.366 e. The fourth-order valence-electron chi connectivity index (χ4n) is 3.24. The summed E-state index contributed by atoms with van der Waals surface area (Å²) in [5.74, 6) is -1.14. The first-order valence-corrected chi connectivity index (χ1v) is 8.38. The summed E-state index contributed by atoms with van der Waals surface area (Å²) in [5, 5.41) is 5.85. The smallest absolute Gasteiger partial charge is 0.257 e. The van der Waals surface area contributed by atoms with Crippen LogP contribution in [0.25, 0.3) is 11.1 Å². The normalized spacial score (nSPS) is 13.3. The summed E-state index contributed by atoms with van der Waals surface area (Å²) in [7, 11) is 0. The average molecular weight is 353 g/mol. The van der Waals surface area contributed by atoms with Crippen LogP contribution in [0.15, 0.2) is 48.8 Å². The highest BCUT2D eigenvalue weighted by molar-refractivity contribution is 6.08. The third-order valence-electron chi connectivity index (χ3n) is 4.60. The summed E-state index contributed by atoms with van der Waals surface area (Å²) in [4.78, 5) is 15.6. The number of carbonyl (C=O) groups is 1. The van der Waals surface area contributed by atoms with Crippen LogP contribution in [-0.2, 0) is 13.0 Å². The van der Waals surface area contributed by atoms with Crippen LogP contribution in [0.3, 0.4) is 0 Å². The molecule has 0 spiro atoms. The van der Waals surface area contributed by atoms with Crippen molar-refractivity contribution < 1.29 is 13.6 Å². The van der Waals surface area contributed by atoms with Crippen molar-refractivity contribution in [1.82, 2.24) is 10.3 Å². The van der Waals surface area contributed by atoms with Crippen LogP contribution >= 0.6 is 0 Å². The van der Waals surface area contributed by atoms with Gasteiger partial charge in [-0.15, -0.1) is 0 Å². The van der Waals surface area contributed by atoms with Gasteiger partial charge in [-0.05, 0) is 47.9 Å². The Morgan fingerprint density at radius 1 is 1.04 bits per heavy atom. The highest BCUT2D eigenvalue weighted by Crippen LogP contribution is 2.27. The van der Waals surface area contributed by atoms with Gasteiger partial charge in [0.25, 0.3) is 5.91 Å². The van der Waals surface area contributed by atoms with Gasteiger partial charge in [0.2, 0.25) is 0 Å². The second-order valence-electron chi connectivity index (χ2n) is 6.24. The number of fused-ring (bicyclic) bond motifs is 1. The number of anilines is 1. The van der Waals surface area contributed by atoms with Crippen LogP contribution in [-0.4, -0.2) is 17.4 Å². The van der Waals surface area contributed by atoms with E-state index in [0.29, 0.717) is 41.8 Å². The number of rotatable bonds is 3. The Labute approximate surface area is 149 Å². The SMILES string of the molecule is O=C(Nc1ccc2c(c1F)CCNC2)c1c[nH]cc1-c1ccc(F)cc1. The lowest BCUT2D eigenvalue weighted by molar-refractivity contribution is 0.102. The molecule has 0 unspecified atom stereocenters. The van der Waals surface area contributed by atoms with Gasteiger partial charge in [0, 0.05) is 24.5 Å². The van der Waals surface area contributed by atoms with E-state index in [4.69, 9.17) is 0 Å². The van der Waals surface area contributed by atoms with Crippen molar-refractivity contribution in [3.05, 3.63) is 77.1 Å². The van der Waals surface area contributed by atoms with Gasteiger partial charge in [-0.3, -0.25) is 4.79 Å². The highest BCUT2D eigenvalue weighted by atomic mass is 19.1. The predicted molar refractivity (Wildman–Crippen MR) is 96.0 cm³/mol. The molecule has 2 aromatic carbocycles. The molecule has 132 valence electrons. The molecule has 2 heterocycles. The van der Waals surface area contributed by atoms with E-state index in [1.807, 2.05) is 6.07 Å². The highest BCUT2D eigenvalue weighted by Gasteiger charge is 2.20. The van der Waals surface area contributed by atoms with E-state index in [1.54, 1.807) is 30.6 Å². The Hall–Kier alpha value is -2.99. The van der Waals surface area contributed by atoms with Crippen LogP contribution in [0.1, 0.15) is 21.5 Å². The number of halogens is 2. The third-order valence-corrected chi connectivity index (χ3v) is 4.60. The number of aromatic nitrogens is 1. The molecule has 0 radical (unpaired) electrons. The van der Waals surface area contributed by atoms with Crippen molar-refractivity contribution in [2.45, 2.75) is 13.0 Å². The van der Waals surface area contributed by atoms with E-state index in [2.05, 4.69) is 15.6 Å². The average Bonchev–Trinajstić information content (AvgIpc) is 3.15. The first kappa shape index (κ1) is 16.5. The zero-order valence-electron chi connectivity index (χ0n) is 13.9. The number of carbonyl (C=O) groups excluding carboxylic acids is 1. The molecule has 4 rings (SSSR count). The Balaban J connectivity index is 1.62. The van der Waals surface area contributed by atoms with Crippen LogP contribution in [0.2, 0.25) is 0 Å². The number of aromatic amines is 1. The summed E-state index contributed by atoms with van der Waals surface area (Å²) in [6.07, 6.45) is 3.81. The Morgan fingerprint density at radius 3 is 2.65 bits per heavy atom. The summed E-state index contributed by atoms with van der Waals surface area (Å²) in [5.41, 5.74) is 3.44. The molecular weight excluding hydrogens is 336 g/mol. The minimum absolute atomic E-state index is 0.168. The third kappa shape index (κ3) is 2.99. The van der Waals surface area contributed by atoms with Crippen LogP contribution in [0.4, 0.5) is 14.5 Å². The Bertz CT molecular complexity index is 964. The van der Waals surface area contributed by atoms with Crippen molar-refractivity contribution in [1.29, 1.82) is 0 Å².